The Hall–Kier alpha value is -1.93. The van der Waals surface area contributed by atoms with Crippen LogP contribution in [0, 0.1) is 5.92 Å². The van der Waals surface area contributed by atoms with Crippen LogP contribution in [0.25, 0.3) is 0 Å². The highest BCUT2D eigenvalue weighted by Gasteiger charge is 2.33. The van der Waals surface area contributed by atoms with Crippen LogP contribution >= 0.6 is 0 Å². The van der Waals surface area contributed by atoms with Crippen LogP contribution in [0.5, 0.6) is 0 Å². The second kappa shape index (κ2) is 8.83. The molecule has 1 aromatic rings. The monoisotopic (exact) mass is 421 g/mol. The summed E-state index contributed by atoms with van der Waals surface area (Å²) < 4.78 is 27.2. The molecule has 2 amide bonds. The van der Waals surface area contributed by atoms with Crippen LogP contribution in [0.15, 0.2) is 29.2 Å². The predicted octanol–water partition coefficient (Wildman–Crippen LogP) is 2.19. The standard InChI is InChI=1S/C21H31N3O4S/c1-16(2)10-11-24(19-6-7-19)21(26)18-4-8-20(9-5-18)29(27,28)23-14-12-22(13-15-23)17(3)25/h4-5,8-9,16,19H,6-7,10-15H2,1-3H3. The lowest BCUT2D eigenvalue weighted by Gasteiger charge is -2.33. The van der Waals surface area contributed by atoms with Gasteiger partial charge in [-0.2, -0.15) is 4.31 Å². The molecule has 8 heteroatoms. The number of carbonyl (C=O) groups is 2. The van der Waals surface area contributed by atoms with Crippen molar-refractivity contribution in [2.45, 2.75) is 51.0 Å². The van der Waals surface area contributed by atoms with Gasteiger partial charge in [-0.1, -0.05) is 13.8 Å². The fourth-order valence-electron chi connectivity index (χ4n) is 3.56. The Labute approximate surface area is 173 Å². The number of sulfonamides is 1. The summed E-state index contributed by atoms with van der Waals surface area (Å²) in [5.74, 6) is 0.467. The van der Waals surface area contributed by atoms with E-state index in [0.717, 1.165) is 25.8 Å². The van der Waals surface area contributed by atoms with E-state index in [-0.39, 0.29) is 29.8 Å². The number of piperazine rings is 1. The Kier molecular flexibility index (Phi) is 6.63. The lowest BCUT2D eigenvalue weighted by Crippen LogP contribution is -2.49. The summed E-state index contributed by atoms with van der Waals surface area (Å²) in [6.45, 7) is 7.89. The first-order valence-electron chi connectivity index (χ1n) is 10.4. The Bertz CT molecular complexity index is 839. The number of rotatable bonds is 7. The molecule has 1 saturated heterocycles. The molecule has 2 fully saturated rings. The molecule has 1 saturated carbocycles. The van der Waals surface area contributed by atoms with Gasteiger partial charge < -0.3 is 9.80 Å². The average Bonchev–Trinajstić information content (AvgIpc) is 3.53. The van der Waals surface area contributed by atoms with Gasteiger partial charge in [0.15, 0.2) is 0 Å². The fraction of sp³-hybridized carbons (Fsp3) is 0.619. The topological polar surface area (TPSA) is 78.0 Å². The Balaban J connectivity index is 1.69. The van der Waals surface area contributed by atoms with Crippen molar-refractivity contribution >= 4 is 21.8 Å². The molecule has 1 aliphatic carbocycles. The van der Waals surface area contributed by atoms with E-state index in [4.69, 9.17) is 0 Å². The van der Waals surface area contributed by atoms with E-state index in [9.17, 15) is 18.0 Å². The van der Waals surface area contributed by atoms with Crippen molar-refractivity contribution < 1.29 is 18.0 Å². The highest BCUT2D eigenvalue weighted by molar-refractivity contribution is 7.89. The van der Waals surface area contributed by atoms with Gasteiger partial charge in [0.05, 0.1) is 4.90 Å². The third-order valence-corrected chi connectivity index (χ3v) is 7.53. The van der Waals surface area contributed by atoms with Crippen molar-refractivity contribution in [2.24, 2.45) is 5.92 Å². The number of carbonyl (C=O) groups excluding carboxylic acids is 2. The van der Waals surface area contributed by atoms with Crippen molar-refractivity contribution in [2.75, 3.05) is 32.7 Å². The Morgan fingerprint density at radius 1 is 1.07 bits per heavy atom. The molecule has 0 spiro atoms. The molecule has 2 aliphatic rings. The molecule has 29 heavy (non-hydrogen) atoms. The van der Waals surface area contributed by atoms with E-state index in [2.05, 4.69) is 13.8 Å². The zero-order valence-corrected chi connectivity index (χ0v) is 18.3. The zero-order chi connectivity index (χ0) is 21.2. The van der Waals surface area contributed by atoms with E-state index in [1.807, 2.05) is 4.90 Å². The number of nitrogens with zero attached hydrogens (tertiary/aromatic N) is 3. The summed E-state index contributed by atoms with van der Waals surface area (Å²) in [6.07, 6.45) is 3.05. The summed E-state index contributed by atoms with van der Waals surface area (Å²) in [6, 6.07) is 6.60. The molecule has 1 aromatic carbocycles. The van der Waals surface area contributed by atoms with Gasteiger partial charge in [-0.15, -0.1) is 0 Å². The SMILES string of the molecule is CC(=O)N1CCN(S(=O)(=O)c2ccc(C(=O)N(CCC(C)C)C3CC3)cc2)CC1. The second-order valence-corrected chi connectivity index (χ2v) is 10.3. The first-order chi connectivity index (χ1) is 13.7. The van der Waals surface area contributed by atoms with Gasteiger partial charge in [0.2, 0.25) is 15.9 Å². The summed E-state index contributed by atoms with van der Waals surface area (Å²) in [7, 11) is -3.63. The van der Waals surface area contributed by atoms with E-state index in [0.29, 0.717) is 30.6 Å². The van der Waals surface area contributed by atoms with Crippen molar-refractivity contribution in [3.05, 3.63) is 29.8 Å². The van der Waals surface area contributed by atoms with Crippen molar-refractivity contribution in [3.63, 3.8) is 0 Å². The van der Waals surface area contributed by atoms with Gasteiger partial charge in [0.25, 0.3) is 5.91 Å². The molecule has 0 bridgehead atoms. The molecular weight excluding hydrogens is 390 g/mol. The molecule has 0 aromatic heterocycles. The summed E-state index contributed by atoms with van der Waals surface area (Å²) in [4.78, 5) is 28.1. The summed E-state index contributed by atoms with van der Waals surface area (Å²) in [5.41, 5.74) is 0.529. The molecule has 160 valence electrons. The quantitative estimate of drug-likeness (QED) is 0.676. The lowest BCUT2D eigenvalue weighted by molar-refractivity contribution is -0.129. The molecule has 0 N–H and O–H groups in total. The lowest BCUT2D eigenvalue weighted by atomic mass is 10.1. The Morgan fingerprint density at radius 2 is 1.66 bits per heavy atom. The smallest absolute Gasteiger partial charge is 0.254 e. The minimum atomic E-state index is -3.63. The van der Waals surface area contributed by atoms with Crippen molar-refractivity contribution in [3.8, 4) is 0 Å². The van der Waals surface area contributed by atoms with Gasteiger partial charge in [-0.05, 0) is 49.4 Å². The first kappa shape index (κ1) is 21.8. The van der Waals surface area contributed by atoms with Crippen molar-refractivity contribution in [1.29, 1.82) is 0 Å². The highest BCUT2D eigenvalue weighted by atomic mass is 32.2. The fourth-order valence-corrected chi connectivity index (χ4v) is 4.98. The molecule has 0 atom stereocenters. The van der Waals surface area contributed by atoms with E-state index >= 15 is 0 Å². The van der Waals surface area contributed by atoms with Gasteiger partial charge in [0, 0.05) is 51.3 Å². The molecule has 3 rings (SSSR count). The molecule has 7 nitrogen and oxygen atoms in total. The molecule has 0 radical (unpaired) electrons. The third-order valence-electron chi connectivity index (χ3n) is 5.62. The van der Waals surface area contributed by atoms with Gasteiger partial charge >= 0.3 is 0 Å². The van der Waals surface area contributed by atoms with Crippen LogP contribution in [-0.4, -0.2) is 73.1 Å². The third kappa shape index (κ3) is 5.17. The first-order valence-corrected chi connectivity index (χ1v) is 11.8. The van der Waals surface area contributed by atoms with Crippen molar-refractivity contribution in [1.82, 2.24) is 14.1 Å². The van der Waals surface area contributed by atoms with Crippen LogP contribution in [-0.2, 0) is 14.8 Å². The molecule has 1 heterocycles. The summed E-state index contributed by atoms with van der Waals surface area (Å²) in [5, 5.41) is 0. The maximum absolute atomic E-state index is 12.9. The zero-order valence-electron chi connectivity index (χ0n) is 17.5. The van der Waals surface area contributed by atoms with Crippen LogP contribution in [0.2, 0.25) is 0 Å². The minimum Gasteiger partial charge on any atom is -0.340 e. The van der Waals surface area contributed by atoms with Crippen LogP contribution < -0.4 is 0 Å². The van der Waals surface area contributed by atoms with E-state index in [1.54, 1.807) is 17.0 Å². The normalized spacial score (nSPS) is 18.1. The largest absolute Gasteiger partial charge is 0.340 e. The number of hydrogen-bond donors (Lipinski definition) is 0. The van der Waals surface area contributed by atoms with E-state index < -0.39 is 10.0 Å². The highest BCUT2D eigenvalue weighted by Crippen LogP contribution is 2.29. The molecule has 1 aliphatic heterocycles. The van der Waals surface area contributed by atoms with Gasteiger partial charge in [-0.25, -0.2) is 8.42 Å². The Morgan fingerprint density at radius 3 is 2.14 bits per heavy atom. The number of benzene rings is 1. The maximum Gasteiger partial charge on any atom is 0.254 e. The number of hydrogen-bond acceptors (Lipinski definition) is 4. The summed E-state index contributed by atoms with van der Waals surface area (Å²) >= 11 is 0. The van der Waals surface area contributed by atoms with Gasteiger partial charge in [-0.3, -0.25) is 9.59 Å². The van der Waals surface area contributed by atoms with Gasteiger partial charge in [0.1, 0.15) is 0 Å². The molecular formula is C21H31N3O4S. The average molecular weight is 422 g/mol. The molecule has 0 unspecified atom stereocenters. The van der Waals surface area contributed by atoms with Crippen LogP contribution in [0.4, 0.5) is 0 Å². The van der Waals surface area contributed by atoms with E-state index in [1.165, 1.54) is 23.4 Å². The van der Waals surface area contributed by atoms with Crippen LogP contribution in [0.1, 0.15) is 50.4 Å². The maximum atomic E-state index is 12.9. The number of amides is 2. The predicted molar refractivity (Wildman–Crippen MR) is 111 cm³/mol. The second-order valence-electron chi connectivity index (χ2n) is 8.35. The minimum absolute atomic E-state index is 0.0211. The van der Waals surface area contributed by atoms with Crippen LogP contribution in [0.3, 0.4) is 0 Å².